The minimum atomic E-state index is -3.47. The van der Waals surface area contributed by atoms with Crippen LogP contribution in [0.5, 0.6) is 11.5 Å². The molecule has 0 aliphatic rings. The van der Waals surface area contributed by atoms with Crippen molar-refractivity contribution < 1.29 is 31.1 Å². The van der Waals surface area contributed by atoms with Gasteiger partial charge >= 0.3 is 0 Å². The lowest BCUT2D eigenvalue weighted by atomic mass is 9.99. The molecular formula is C16H13F4O3S-. The summed E-state index contributed by atoms with van der Waals surface area (Å²) in [6.45, 7) is 3.98. The van der Waals surface area contributed by atoms with Crippen molar-refractivity contribution in [1.29, 1.82) is 0 Å². The summed E-state index contributed by atoms with van der Waals surface area (Å²) in [6.07, 6.45) is 0.883. The van der Waals surface area contributed by atoms with E-state index < -0.39 is 45.0 Å². The molecule has 2 rings (SSSR count). The average molecular weight is 361 g/mol. The molecule has 0 aliphatic heterocycles. The standard InChI is InChI=1S/C16H14F4O3S/c1-3-8(2)9-4-6-10(7-5-9)23-15-11(17)13(19)16(24(21)22)14(20)12(15)18/h4-8H,3H2,1-2H3,(H,21,22)/p-1. The van der Waals surface area contributed by atoms with Gasteiger partial charge < -0.3 is 9.29 Å². The molecule has 0 amide bonds. The Morgan fingerprint density at radius 3 is 1.96 bits per heavy atom. The van der Waals surface area contributed by atoms with Crippen LogP contribution in [-0.4, -0.2) is 8.76 Å². The Balaban J connectivity index is 2.42. The summed E-state index contributed by atoms with van der Waals surface area (Å²) in [5, 5.41) is 0. The second-order valence-electron chi connectivity index (χ2n) is 5.13. The van der Waals surface area contributed by atoms with E-state index >= 15 is 0 Å². The molecule has 0 heterocycles. The van der Waals surface area contributed by atoms with Gasteiger partial charge in [-0.2, -0.15) is 8.78 Å². The Labute approximate surface area is 138 Å². The Hall–Kier alpha value is -1.93. The monoisotopic (exact) mass is 361 g/mol. The van der Waals surface area contributed by atoms with Crippen molar-refractivity contribution in [3.05, 3.63) is 53.1 Å². The van der Waals surface area contributed by atoms with E-state index in [-0.39, 0.29) is 11.7 Å². The first-order valence-electron chi connectivity index (χ1n) is 7.00. The quantitative estimate of drug-likeness (QED) is 0.437. The number of benzene rings is 2. The summed E-state index contributed by atoms with van der Waals surface area (Å²) < 4.78 is 81.2. The number of halogens is 4. The fourth-order valence-corrected chi connectivity index (χ4v) is 2.52. The molecule has 8 heteroatoms. The fraction of sp³-hybridized carbons (Fsp3) is 0.250. The number of rotatable bonds is 5. The van der Waals surface area contributed by atoms with Gasteiger partial charge in [0.1, 0.15) is 10.6 Å². The summed E-state index contributed by atoms with van der Waals surface area (Å²) in [6, 6.07) is 6.12. The van der Waals surface area contributed by atoms with Crippen LogP contribution in [0.25, 0.3) is 0 Å². The van der Waals surface area contributed by atoms with E-state index in [1.165, 1.54) is 12.1 Å². The second kappa shape index (κ2) is 7.31. The molecule has 24 heavy (non-hydrogen) atoms. The van der Waals surface area contributed by atoms with E-state index in [1.807, 2.05) is 13.8 Å². The first-order chi connectivity index (χ1) is 11.3. The van der Waals surface area contributed by atoms with E-state index in [4.69, 9.17) is 4.74 Å². The van der Waals surface area contributed by atoms with Crippen LogP contribution < -0.4 is 4.74 Å². The van der Waals surface area contributed by atoms with Crippen LogP contribution >= 0.6 is 0 Å². The molecule has 0 saturated heterocycles. The highest BCUT2D eigenvalue weighted by Crippen LogP contribution is 2.34. The topological polar surface area (TPSA) is 49.4 Å². The third-order valence-electron chi connectivity index (χ3n) is 3.63. The Kier molecular flexibility index (Phi) is 5.61. The Bertz CT molecular complexity index is 749. The molecule has 0 saturated carbocycles. The average Bonchev–Trinajstić information content (AvgIpc) is 2.56. The van der Waals surface area contributed by atoms with Crippen molar-refractivity contribution >= 4 is 11.1 Å². The SMILES string of the molecule is CCC(C)c1ccc(Oc2c(F)c(F)c(S(=O)[O-])c(F)c2F)cc1. The minimum Gasteiger partial charge on any atom is -0.768 e. The maximum Gasteiger partial charge on any atom is 0.205 e. The van der Waals surface area contributed by atoms with Gasteiger partial charge in [-0.1, -0.05) is 26.0 Å². The van der Waals surface area contributed by atoms with Gasteiger partial charge in [-0.3, -0.25) is 4.21 Å². The summed E-state index contributed by atoms with van der Waals surface area (Å²) in [5.41, 5.74) is 0.959. The lowest BCUT2D eigenvalue weighted by molar-refractivity contribution is 0.349. The van der Waals surface area contributed by atoms with Gasteiger partial charge in [0.25, 0.3) is 0 Å². The van der Waals surface area contributed by atoms with Crippen molar-refractivity contribution in [2.75, 3.05) is 0 Å². The zero-order chi connectivity index (χ0) is 18.0. The summed E-state index contributed by atoms with van der Waals surface area (Å²) in [5.74, 6) is -9.03. The highest BCUT2D eigenvalue weighted by Gasteiger charge is 2.27. The summed E-state index contributed by atoms with van der Waals surface area (Å²) >= 11 is -3.47. The van der Waals surface area contributed by atoms with Gasteiger partial charge in [0.15, 0.2) is 11.6 Å². The molecule has 2 atom stereocenters. The molecule has 0 aliphatic carbocycles. The van der Waals surface area contributed by atoms with Gasteiger partial charge in [-0.05, 0) is 41.1 Å². The maximum absolute atomic E-state index is 13.8. The third kappa shape index (κ3) is 3.44. The van der Waals surface area contributed by atoms with Gasteiger partial charge in [0.2, 0.25) is 17.4 Å². The Morgan fingerprint density at radius 2 is 1.54 bits per heavy atom. The number of ether oxygens (including phenoxy) is 1. The van der Waals surface area contributed by atoms with Crippen molar-refractivity contribution in [2.45, 2.75) is 31.1 Å². The summed E-state index contributed by atoms with van der Waals surface area (Å²) in [4.78, 5) is -1.70. The van der Waals surface area contributed by atoms with Crippen molar-refractivity contribution in [1.82, 2.24) is 0 Å². The van der Waals surface area contributed by atoms with Gasteiger partial charge in [0, 0.05) is 0 Å². The largest absolute Gasteiger partial charge is 0.768 e. The zero-order valence-corrected chi connectivity index (χ0v) is 13.6. The molecule has 2 unspecified atom stereocenters. The first-order valence-corrected chi connectivity index (χ1v) is 8.08. The highest BCUT2D eigenvalue weighted by molar-refractivity contribution is 7.79. The van der Waals surface area contributed by atoms with E-state index in [1.54, 1.807) is 12.1 Å². The normalized spacial score (nSPS) is 13.6. The molecule has 0 radical (unpaired) electrons. The first kappa shape index (κ1) is 18.4. The van der Waals surface area contributed by atoms with Crippen molar-refractivity contribution in [3.63, 3.8) is 0 Å². The van der Waals surface area contributed by atoms with Gasteiger partial charge in [-0.25, -0.2) is 8.78 Å². The third-order valence-corrected chi connectivity index (χ3v) is 4.32. The van der Waals surface area contributed by atoms with Crippen LogP contribution in [0.15, 0.2) is 29.2 Å². The van der Waals surface area contributed by atoms with Crippen LogP contribution in [-0.2, 0) is 11.1 Å². The van der Waals surface area contributed by atoms with E-state index in [0.717, 1.165) is 12.0 Å². The molecule has 0 aromatic heterocycles. The van der Waals surface area contributed by atoms with E-state index in [0.29, 0.717) is 0 Å². The van der Waals surface area contributed by atoms with Gasteiger partial charge in [0.05, 0.1) is 0 Å². The lowest BCUT2D eigenvalue weighted by Gasteiger charge is -2.14. The molecule has 0 fully saturated rings. The molecule has 3 nitrogen and oxygen atoms in total. The molecule has 2 aromatic rings. The lowest BCUT2D eigenvalue weighted by Crippen LogP contribution is -2.07. The predicted molar refractivity (Wildman–Crippen MR) is 78.7 cm³/mol. The molecule has 130 valence electrons. The van der Waals surface area contributed by atoms with Crippen LogP contribution in [0.4, 0.5) is 17.6 Å². The van der Waals surface area contributed by atoms with Gasteiger partial charge in [-0.15, -0.1) is 0 Å². The Morgan fingerprint density at radius 1 is 1.04 bits per heavy atom. The smallest absolute Gasteiger partial charge is 0.205 e. The molecule has 0 N–H and O–H groups in total. The van der Waals surface area contributed by atoms with Crippen molar-refractivity contribution in [2.24, 2.45) is 0 Å². The predicted octanol–water partition coefficient (Wildman–Crippen LogP) is 4.79. The zero-order valence-electron chi connectivity index (χ0n) is 12.7. The fourth-order valence-electron chi connectivity index (χ4n) is 2.05. The molecule has 2 aromatic carbocycles. The molecule has 0 bridgehead atoms. The second-order valence-corrected chi connectivity index (χ2v) is 6.01. The van der Waals surface area contributed by atoms with Crippen LogP contribution in [0.2, 0.25) is 0 Å². The van der Waals surface area contributed by atoms with E-state index in [9.17, 15) is 26.3 Å². The van der Waals surface area contributed by atoms with Crippen LogP contribution in [0.3, 0.4) is 0 Å². The maximum atomic E-state index is 13.8. The minimum absolute atomic E-state index is 0.0466. The number of hydrogen-bond donors (Lipinski definition) is 0. The highest BCUT2D eigenvalue weighted by atomic mass is 32.2. The summed E-state index contributed by atoms with van der Waals surface area (Å²) in [7, 11) is 0. The van der Waals surface area contributed by atoms with E-state index in [2.05, 4.69) is 0 Å². The molecular weight excluding hydrogens is 348 g/mol. The van der Waals surface area contributed by atoms with Crippen LogP contribution in [0.1, 0.15) is 31.7 Å². The number of hydrogen-bond acceptors (Lipinski definition) is 3. The van der Waals surface area contributed by atoms with Crippen LogP contribution in [0, 0.1) is 23.3 Å². The van der Waals surface area contributed by atoms with Crippen molar-refractivity contribution in [3.8, 4) is 11.5 Å². The molecule has 0 spiro atoms.